The van der Waals surface area contributed by atoms with Gasteiger partial charge in [0.25, 0.3) is 0 Å². The van der Waals surface area contributed by atoms with Gasteiger partial charge in [-0.2, -0.15) is 0 Å². The molecule has 1 atom stereocenters. The SMILES string of the molecule is C=CC.CCCCCOC1CCOC1=O. The van der Waals surface area contributed by atoms with Crippen molar-refractivity contribution >= 4 is 5.97 Å². The molecule has 1 rings (SSSR count). The highest BCUT2D eigenvalue weighted by Gasteiger charge is 2.26. The second kappa shape index (κ2) is 9.71. The predicted molar refractivity (Wildman–Crippen MR) is 60.7 cm³/mol. The molecule has 88 valence electrons. The van der Waals surface area contributed by atoms with Crippen LogP contribution in [0, 0.1) is 0 Å². The fourth-order valence-electron chi connectivity index (χ4n) is 1.21. The minimum atomic E-state index is -0.276. The van der Waals surface area contributed by atoms with Crippen LogP contribution in [0.15, 0.2) is 12.7 Å². The smallest absolute Gasteiger partial charge is 0.335 e. The predicted octanol–water partition coefficient (Wildman–Crippen LogP) is 2.70. The number of cyclic esters (lactones) is 1. The third-order valence-corrected chi connectivity index (χ3v) is 1.95. The van der Waals surface area contributed by atoms with Gasteiger partial charge in [-0.25, -0.2) is 4.79 Å². The Morgan fingerprint density at radius 1 is 1.60 bits per heavy atom. The lowest BCUT2D eigenvalue weighted by molar-refractivity contribution is -0.147. The minimum absolute atomic E-state index is 0.188. The molecule has 1 fully saturated rings. The maximum absolute atomic E-state index is 10.9. The van der Waals surface area contributed by atoms with E-state index in [0.717, 1.165) is 12.8 Å². The summed E-state index contributed by atoms with van der Waals surface area (Å²) in [5, 5.41) is 0. The quantitative estimate of drug-likeness (QED) is 0.401. The van der Waals surface area contributed by atoms with Gasteiger partial charge in [-0.3, -0.25) is 0 Å². The van der Waals surface area contributed by atoms with E-state index in [9.17, 15) is 4.79 Å². The second-order valence-electron chi connectivity index (χ2n) is 3.43. The second-order valence-corrected chi connectivity index (χ2v) is 3.43. The van der Waals surface area contributed by atoms with Gasteiger partial charge in [0, 0.05) is 13.0 Å². The highest BCUT2D eigenvalue weighted by molar-refractivity contribution is 5.76. The molecule has 1 aliphatic rings. The van der Waals surface area contributed by atoms with Gasteiger partial charge in [-0.1, -0.05) is 25.8 Å². The Balaban J connectivity index is 0.000000583. The molecule has 0 radical (unpaired) electrons. The molecule has 1 unspecified atom stereocenters. The van der Waals surface area contributed by atoms with E-state index in [2.05, 4.69) is 13.5 Å². The summed E-state index contributed by atoms with van der Waals surface area (Å²) < 4.78 is 10.1. The topological polar surface area (TPSA) is 35.5 Å². The van der Waals surface area contributed by atoms with Crippen molar-refractivity contribution in [3.05, 3.63) is 12.7 Å². The third kappa shape index (κ3) is 7.14. The first kappa shape index (κ1) is 14.2. The van der Waals surface area contributed by atoms with Crippen LogP contribution < -0.4 is 0 Å². The van der Waals surface area contributed by atoms with Gasteiger partial charge in [0.15, 0.2) is 6.10 Å². The van der Waals surface area contributed by atoms with Gasteiger partial charge in [0.05, 0.1) is 6.61 Å². The fraction of sp³-hybridized carbons (Fsp3) is 0.750. The van der Waals surface area contributed by atoms with Crippen LogP contribution in [0.2, 0.25) is 0 Å². The number of unbranched alkanes of at least 4 members (excludes halogenated alkanes) is 2. The van der Waals surface area contributed by atoms with Gasteiger partial charge in [0.2, 0.25) is 0 Å². The van der Waals surface area contributed by atoms with Crippen molar-refractivity contribution in [1.82, 2.24) is 0 Å². The Bertz CT molecular complexity index is 178. The van der Waals surface area contributed by atoms with Gasteiger partial charge >= 0.3 is 5.97 Å². The summed E-state index contributed by atoms with van der Waals surface area (Å²) in [6, 6.07) is 0. The highest BCUT2D eigenvalue weighted by Crippen LogP contribution is 2.10. The Kier molecular flexibility index (Phi) is 9.18. The zero-order valence-electron chi connectivity index (χ0n) is 9.83. The van der Waals surface area contributed by atoms with E-state index in [1.165, 1.54) is 12.8 Å². The van der Waals surface area contributed by atoms with Crippen molar-refractivity contribution in [1.29, 1.82) is 0 Å². The number of carbonyl (C=O) groups excluding carboxylic acids is 1. The molecular weight excluding hydrogens is 192 g/mol. The molecule has 0 spiro atoms. The maximum Gasteiger partial charge on any atom is 0.335 e. The molecule has 0 aromatic rings. The number of esters is 1. The molecule has 3 nitrogen and oxygen atoms in total. The van der Waals surface area contributed by atoms with Crippen molar-refractivity contribution < 1.29 is 14.3 Å². The van der Waals surface area contributed by atoms with Crippen molar-refractivity contribution in [2.75, 3.05) is 13.2 Å². The zero-order valence-corrected chi connectivity index (χ0v) is 9.83. The summed E-state index contributed by atoms with van der Waals surface area (Å²) in [7, 11) is 0. The summed E-state index contributed by atoms with van der Waals surface area (Å²) in [4.78, 5) is 10.9. The van der Waals surface area contributed by atoms with Crippen LogP contribution in [0.5, 0.6) is 0 Å². The molecule has 15 heavy (non-hydrogen) atoms. The van der Waals surface area contributed by atoms with Gasteiger partial charge < -0.3 is 9.47 Å². The third-order valence-electron chi connectivity index (χ3n) is 1.95. The first-order valence-electron chi connectivity index (χ1n) is 5.61. The maximum atomic E-state index is 10.9. The van der Waals surface area contributed by atoms with Gasteiger partial charge in [-0.15, -0.1) is 6.58 Å². The number of ether oxygens (including phenoxy) is 2. The molecule has 1 saturated heterocycles. The molecule has 0 amide bonds. The first-order chi connectivity index (χ1) is 7.26. The molecule has 0 N–H and O–H groups in total. The van der Waals surface area contributed by atoms with Crippen LogP contribution in [0.3, 0.4) is 0 Å². The largest absolute Gasteiger partial charge is 0.464 e. The summed E-state index contributed by atoms with van der Waals surface area (Å²) in [6.07, 6.45) is 5.59. The van der Waals surface area contributed by atoms with E-state index in [4.69, 9.17) is 9.47 Å². The van der Waals surface area contributed by atoms with Crippen LogP contribution in [0.25, 0.3) is 0 Å². The van der Waals surface area contributed by atoms with E-state index in [0.29, 0.717) is 13.2 Å². The lowest BCUT2D eigenvalue weighted by Crippen LogP contribution is -2.18. The van der Waals surface area contributed by atoms with Crippen molar-refractivity contribution in [2.24, 2.45) is 0 Å². The van der Waals surface area contributed by atoms with Crippen molar-refractivity contribution in [3.8, 4) is 0 Å². The molecule has 0 aliphatic carbocycles. The minimum Gasteiger partial charge on any atom is -0.464 e. The van der Waals surface area contributed by atoms with Gasteiger partial charge in [0.1, 0.15) is 0 Å². The number of hydrogen-bond donors (Lipinski definition) is 0. The average Bonchev–Trinajstić information content (AvgIpc) is 2.60. The molecule has 0 bridgehead atoms. The lowest BCUT2D eigenvalue weighted by Gasteiger charge is -2.06. The fourth-order valence-corrected chi connectivity index (χ4v) is 1.21. The Labute approximate surface area is 92.5 Å². The number of hydrogen-bond acceptors (Lipinski definition) is 3. The monoisotopic (exact) mass is 214 g/mol. The summed E-state index contributed by atoms with van der Waals surface area (Å²) in [5.41, 5.74) is 0. The standard InChI is InChI=1S/C9H16O3.C3H6/c1-2-3-4-6-11-8-5-7-12-9(8)10;1-3-2/h8H,2-7H2,1H3;3H,1H2,2H3. The first-order valence-corrected chi connectivity index (χ1v) is 5.61. The van der Waals surface area contributed by atoms with E-state index >= 15 is 0 Å². The lowest BCUT2D eigenvalue weighted by atomic mass is 10.2. The van der Waals surface area contributed by atoms with E-state index in [1.54, 1.807) is 6.08 Å². The molecular formula is C12H22O3. The molecule has 1 heterocycles. The number of allylic oxidation sites excluding steroid dienone is 1. The Morgan fingerprint density at radius 3 is 2.73 bits per heavy atom. The van der Waals surface area contributed by atoms with E-state index in [-0.39, 0.29) is 12.1 Å². The van der Waals surface area contributed by atoms with E-state index in [1.807, 2.05) is 6.92 Å². The van der Waals surface area contributed by atoms with Crippen molar-refractivity contribution in [3.63, 3.8) is 0 Å². The molecule has 3 heteroatoms. The molecule has 0 aromatic carbocycles. The number of carbonyl (C=O) groups is 1. The van der Waals surface area contributed by atoms with Crippen LogP contribution in [-0.2, 0) is 14.3 Å². The van der Waals surface area contributed by atoms with E-state index < -0.39 is 0 Å². The average molecular weight is 214 g/mol. The molecule has 1 aliphatic heterocycles. The van der Waals surface area contributed by atoms with Crippen molar-refractivity contribution in [2.45, 2.75) is 45.6 Å². The summed E-state index contributed by atoms with van der Waals surface area (Å²) in [6.45, 7) is 8.61. The summed E-state index contributed by atoms with van der Waals surface area (Å²) in [5.74, 6) is -0.188. The Morgan fingerprint density at radius 2 is 2.27 bits per heavy atom. The van der Waals surface area contributed by atoms with Gasteiger partial charge in [-0.05, 0) is 13.3 Å². The van der Waals surface area contributed by atoms with Crippen LogP contribution in [-0.4, -0.2) is 25.3 Å². The molecule has 0 aromatic heterocycles. The van der Waals surface area contributed by atoms with Crippen LogP contribution in [0.1, 0.15) is 39.5 Å². The highest BCUT2D eigenvalue weighted by atomic mass is 16.6. The zero-order chi connectivity index (χ0) is 11.5. The normalized spacial score (nSPS) is 19.1. The van der Waals surface area contributed by atoms with Crippen LogP contribution in [0.4, 0.5) is 0 Å². The Hall–Kier alpha value is -0.830. The molecule has 0 saturated carbocycles. The summed E-state index contributed by atoms with van der Waals surface area (Å²) >= 11 is 0. The number of rotatable bonds is 5. The van der Waals surface area contributed by atoms with Crippen LogP contribution >= 0.6 is 0 Å².